The van der Waals surface area contributed by atoms with Crippen LogP contribution in [0.3, 0.4) is 0 Å². The Hall–Kier alpha value is -0.750. The molecule has 96 valence electrons. The van der Waals surface area contributed by atoms with Gasteiger partial charge in [-0.1, -0.05) is 34.8 Å². The lowest BCUT2D eigenvalue weighted by atomic mass is 10.4. The Morgan fingerprint density at radius 2 is 1.72 bits per heavy atom. The Bertz CT molecular complexity index is 710. The molecule has 0 radical (unpaired) electrons. The van der Waals surface area contributed by atoms with Crippen molar-refractivity contribution >= 4 is 44.8 Å². The second-order valence-electron chi connectivity index (χ2n) is 3.55. The average Bonchev–Trinajstić information content (AvgIpc) is 2.70. The molecule has 0 bridgehead atoms. The lowest BCUT2D eigenvalue weighted by Gasteiger charge is -2.08. The van der Waals surface area contributed by atoms with Gasteiger partial charge in [-0.15, -0.1) is 0 Å². The number of aryl methyl sites for hydroxylation is 1. The van der Waals surface area contributed by atoms with Gasteiger partial charge in [0.25, 0.3) is 10.0 Å². The van der Waals surface area contributed by atoms with Crippen molar-refractivity contribution in [3.8, 4) is 0 Å². The second kappa shape index (κ2) is 4.74. The van der Waals surface area contributed by atoms with Gasteiger partial charge in [-0.05, 0) is 19.1 Å². The number of hydrogen-bond acceptors (Lipinski definition) is 3. The van der Waals surface area contributed by atoms with Crippen LogP contribution < -0.4 is 0 Å². The summed E-state index contributed by atoms with van der Waals surface area (Å²) in [6.07, 6.45) is 2.58. The molecule has 0 spiro atoms. The Kier molecular flexibility index (Phi) is 3.60. The predicted octanol–water partition coefficient (Wildman–Crippen LogP) is 3.39. The van der Waals surface area contributed by atoms with E-state index in [1.165, 1.54) is 24.7 Å². The topological polar surface area (TPSA) is 52.0 Å². The maximum absolute atomic E-state index is 12.3. The van der Waals surface area contributed by atoms with E-state index in [9.17, 15) is 8.42 Å². The van der Waals surface area contributed by atoms with Crippen LogP contribution in [0, 0.1) is 6.92 Å². The van der Waals surface area contributed by atoms with Crippen LogP contribution in [-0.2, 0) is 10.0 Å². The number of aromatic nitrogens is 2. The maximum Gasteiger partial charge on any atom is 0.270 e. The Morgan fingerprint density at radius 1 is 1.11 bits per heavy atom. The van der Waals surface area contributed by atoms with Crippen molar-refractivity contribution in [1.29, 1.82) is 0 Å². The molecular weight excluding hydrogens is 319 g/mol. The summed E-state index contributed by atoms with van der Waals surface area (Å²) in [7, 11) is -3.81. The van der Waals surface area contributed by atoms with Gasteiger partial charge in [0.1, 0.15) is 11.2 Å². The largest absolute Gasteiger partial charge is 0.270 e. The van der Waals surface area contributed by atoms with Crippen molar-refractivity contribution in [2.75, 3.05) is 0 Å². The number of rotatable bonds is 2. The van der Waals surface area contributed by atoms with E-state index in [1.54, 1.807) is 6.92 Å². The van der Waals surface area contributed by atoms with E-state index in [4.69, 9.17) is 34.8 Å². The molecule has 0 saturated carbocycles. The molecule has 0 N–H and O–H groups in total. The summed E-state index contributed by atoms with van der Waals surface area (Å²) in [5, 5.41) is 0.328. The Morgan fingerprint density at radius 3 is 2.28 bits per heavy atom. The van der Waals surface area contributed by atoms with E-state index in [-0.39, 0.29) is 20.0 Å². The summed E-state index contributed by atoms with van der Waals surface area (Å²) < 4.78 is 25.5. The van der Waals surface area contributed by atoms with Crippen molar-refractivity contribution < 1.29 is 8.42 Å². The molecule has 0 saturated heterocycles. The minimum atomic E-state index is -3.81. The third kappa shape index (κ3) is 2.36. The van der Waals surface area contributed by atoms with Crippen LogP contribution in [0.4, 0.5) is 0 Å². The van der Waals surface area contributed by atoms with Crippen LogP contribution in [0.1, 0.15) is 5.69 Å². The summed E-state index contributed by atoms with van der Waals surface area (Å²) in [4.78, 5) is 3.74. The summed E-state index contributed by atoms with van der Waals surface area (Å²) >= 11 is 17.4. The first kappa shape index (κ1) is 13.7. The lowest BCUT2D eigenvalue weighted by molar-refractivity contribution is 0.587. The fraction of sp³-hybridized carbons (Fsp3) is 0.100. The fourth-order valence-electron chi connectivity index (χ4n) is 1.35. The summed E-state index contributed by atoms with van der Waals surface area (Å²) in [6.45, 7) is 1.68. The maximum atomic E-state index is 12.3. The molecule has 2 rings (SSSR count). The van der Waals surface area contributed by atoms with Gasteiger partial charge in [0.15, 0.2) is 0 Å². The van der Waals surface area contributed by atoms with Crippen molar-refractivity contribution in [2.45, 2.75) is 11.8 Å². The molecule has 0 atom stereocenters. The minimum absolute atomic E-state index is 0.00996. The zero-order valence-corrected chi connectivity index (χ0v) is 12.1. The highest BCUT2D eigenvalue weighted by Crippen LogP contribution is 2.32. The molecule has 1 aromatic heterocycles. The molecule has 0 fully saturated rings. The van der Waals surface area contributed by atoms with Crippen LogP contribution in [-0.4, -0.2) is 17.4 Å². The van der Waals surface area contributed by atoms with Crippen LogP contribution >= 0.6 is 34.8 Å². The van der Waals surface area contributed by atoms with Crippen molar-refractivity contribution in [1.82, 2.24) is 8.96 Å². The van der Waals surface area contributed by atoms with Crippen LogP contribution in [0.2, 0.25) is 15.1 Å². The predicted molar refractivity (Wildman–Crippen MR) is 71.0 cm³/mol. The van der Waals surface area contributed by atoms with Gasteiger partial charge in [-0.25, -0.2) is 17.4 Å². The van der Waals surface area contributed by atoms with E-state index in [0.717, 1.165) is 3.97 Å². The zero-order chi connectivity index (χ0) is 13.5. The summed E-state index contributed by atoms with van der Waals surface area (Å²) in [6, 6.07) is 2.51. The molecule has 8 heteroatoms. The normalized spacial score (nSPS) is 11.8. The highest BCUT2D eigenvalue weighted by atomic mass is 35.5. The van der Waals surface area contributed by atoms with Crippen LogP contribution in [0.5, 0.6) is 0 Å². The first-order valence-corrected chi connectivity index (χ1v) is 7.30. The molecule has 0 aliphatic carbocycles. The van der Waals surface area contributed by atoms with Crippen LogP contribution in [0.25, 0.3) is 0 Å². The molecule has 1 heterocycles. The molecule has 4 nitrogen and oxygen atoms in total. The highest BCUT2D eigenvalue weighted by Gasteiger charge is 2.22. The second-order valence-corrected chi connectivity index (χ2v) is 6.58. The molecule has 0 amide bonds. The standard InChI is InChI=1S/C10H7Cl3N2O2S/c1-6-4-15(5-14-6)18(16,17)10-3-8(12)7(11)2-9(10)13/h2-5H,1H3. The number of halogens is 3. The quantitative estimate of drug-likeness (QED) is 0.795. The molecule has 18 heavy (non-hydrogen) atoms. The molecule has 0 aliphatic heterocycles. The third-order valence-corrected chi connectivity index (χ3v) is 5.01. The fourth-order valence-corrected chi connectivity index (χ4v) is 3.51. The highest BCUT2D eigenvalue weighted by molar-refractivity contribution is 7.90. The molecular formula is C10H7Cl3N2O2S. The number of nitrogens with zero attached hydrogens (tertiary/aromatic N) is 2. The van der Waals surface area contributed by atoms with Crippen molar-refractivity contribution in [2.24, 2.45) is 0 Å². The van der Waals surface area contributed by atoms with Crippen molar-refractivity contribution in [3.05, 3.63) is 45.4 Å². The third-order valence-electron chi connectivity index (χ3n) is 2.22. The smallest absolute Gasteiger partial charge is 0.241 e. The van der Waals surface area contributed by atoms with E-state index < -0.39 is 10.0 Å². The minimum Gasteiger partial charge on any atom is -0.241 e. The Labute approximate surface area is 119 Å². The number of benzene rings is 1. The summed E-state index contributed by atoms with van der Waals surface area (Å²) in [5.41, 5.74) is 0.578. The van der Waals surface area contributed by atoms with E-state index in [2.05, 4.69) is 4.98 Å². The van der Waals surface area contributed by atoms with Gasteiger partial charge in [-0.3, -0.25) is 0 Å². The lowest BCUT2D eigenvalue weighted by Crippen LogP contribution is -2.11. The van der Waals surface area contributed by atoms with E-state index in [0.29, 0.717) is 5.69 Å². The zero-order valence-electron chi connectivity index (χ0n) is 9.06. The molecule has 0 aliphatic rings. The van der Waals surface area contributed by atoms with Gasteiger partial charge in [-0.2, -0.15) is 0 Å². The van der Waals surface area contributed by atoms with E-state index >= 15 is 0 Å². The van der Waals surface area contributed by atoms with Crippen molar-refractivity contribution in [3.63, 3.8) is 0 Å². The average molecular weight is 326 g/mol. The van der Waals surface area contributed by atoms with E-state index in [1.807, 2.05) is 0 Å². The van der Waals surface area contributed by atoms with Crippen LogP contribution in [0.15, 0.2) is 29.6 Å². The Balaban J connectivity index is 2.65. The van der Waals surface area contributed by atoms with Gasteiger partial charge in [0.05, 0.1) is 20.8 Å². The van der Waals surface area contributed by atoms with Gasteiger partial charge < -0.3 is 0 Å². The summed E-state index contributed by atoms with van der Waals surface area (Å²) in [5.74, 6) is 0. The van der Waals surface area contributed by atoms with Gasteiger partial charge >= 0.3 is 0 Å². The molecule has 1 aromatic carbocycles. The molecule has 0 unspecified atom stereocenters. The number of imidazole rings is 1. The van der Waals surface area contributed by atoms with Gasteiger partial charge in [0, 0.05) is 6.20 Å². The van der Waals surface area contributed by atoms with Gasteiger partial charge in [0.2, 0.25) is 0 Å². The molecule has 2 aromatic rings. The first-order chi connectivity index (χ1) is 8.32. The number of hydrogen-bond donors (Lipinski definition) is 0. The monoisotopic (exact) mass is 324 g/mol. The first-order valence-electron chi connectivity index (χ1n) is 4.73. The SMILES string of the molecule is Cc1cn(S(=O)(=O)c2cc(Cl)c(Cl)cc2Cl)cn1.